The zero-order valence-corrected chi connectivity index (χ0v) is 21.9. The molecule has 0 unspecified atom stereocenters. The number of allylic oxidation sites excluding steroid dienone is 8. The van der Waals surface area contributed by atoms with Crippen LogP contribution in [-0.2, 0) is 26.2 Å². The van der Waals surface area contributed by atoms with Gasteiger partial charge >= 0.3 is 26.2 Å². The fourth-order valence-corrected chi connectivity index (χ4v) is 1.84. The van der Waals surface area contributed by atoms with Gasteiger partial charge in [-0.3, -0.25) is 12.2 Å². The Hall–Kier alpha value is 0.640. The minimum atomic E-state index is 0. The molecule has 2 aliphatic rings. The molecule has 0 aromatic rings. The maximum absolute atomic E-state index is 3.30. The fraction of sp³-hybridized carbons (Fsp3) is 0.600. The van der Waals surface area contributed by atoms with Gasteiger partial charge in [-0.25, -0.2) is 23.3 Å². The van der Waals surface area contributed by atoms with Crippen LogP contribution in [0.4, 0.5) is 0 Å². The molecule has 137 valence electrons. The predicted octanol–water partition coefficient (Wildman–Crippen LogP) is 6.80. The average Bonchev–Trinajstić information content (AvgIpc) is 3.03. The molecule has 0 aromatic heterocycles. The summed E-state index contributed by atoms with van der Waals surface area (Å²) in [4.78, 5) is 0. The summed E-state index contributed by atoms with van der Waals surface area (Å²) in [6, 6.07) is 0. The molecular weight excluding hydrogens is 430 g/mol. The third kappa shape index (κ3) is 14.9. The van der Waals surface area contributed by atoms with Crippen molar-refractivity contribution in [2.45, 2.75) is 67.5 Å². The predicted molar refractivity (Wildman–Crippen MR) is 113 cm³/mol. The van der Waals surface area contributed by atoms with Crippen LogP contribution in [0, 0.1) is 23.0 Å². The zero-order chi connectivity index (χ0) is 16.5. The summed E-state index contributed by atoms with van der Waals surface area (Å²) >= 11 is 0. The molecule has 0 fully saturated rings. The summed E-state index contributed by atoms with van der Waals surface area (Å²) in [5.41, 5.74) is 3.30. The van der Waals surface area contributed by atoms with Gasteiger partial charge < -0.3 is 0 Å². The first-order chi connectivity index (χ1) is 9.62. The molecule has 2 rings (SSSR count). The van der Waals surface area contributed by atoms with E-state index in [1.807, 2.05) is 0 Å². The van der Waals surface area contributed by atoms with Crippen LogP contribution in [0.1, 0.15) is 54.4 Å². The van der Waals surface area contributed by atoms with Gasteiger partial charge in [0.1, 0.15) is 0 Å². The van der Waals surface area contributed by atoms with E-state index in [0.717, 1.165) is 22.4 Å². The van der Waals surface area contributed by atoms with E-state index < -0.39 is 0 Å². The Bertz CT molecular complexity index is 382. The average molecular weight is 466 g/mol. The Morgan fingerprint density at radius 1 is 0.750 bits per heavy atom. The van der Waals surface area contributed by atoms with Gasteiger partial charge in [-0.1, -0.05) is 54.6 Å². The maximum Gasteiger partial charge on any atom is 2.00 e. The minimum Gasteiger partial charge on any atom is -0.269 e. The van der Waals surface area contributed by atoms with Crippen molar-refractivity contribution in [2.24, 2.45) is 10.8 Å². The maximum atomic E-state index is 3.30. The molecule has 0 nitrogen and oxygen atoms in total. The van der Waals surface area contributed by atoms with Crippen LogP contribution < -0.4 is 0 Å². The van der Waals surface area contributed by atoms with Gasteiger partial charge in [0.15, 0.2) is 0 Å². The molecule has 0 N–H and O–H groups in total. The van der Waals surface area contributed by atoms with Crippen molar-refractivity contribution in [3.63, 3.8) is 0 Å². The monoisotopic (exact) mass is 463 g/mol. The standard InChI is InChI=1S/2C9H13.C2H7Si.2ClH.Zr/c2*1-9(2,3)8-6-4-5-7-8;1-3-2;;;/h2*4,6H,5H2,1-3H3;3H,1-2H3;2*1H;/q2*-1;;;;+2. The van der Waals surface area contributed by atoms with Gasteiger partial charge in [0.2, 0.25) is 0 Å². The molecule has 24 heavy (non-hydrogen) atoms. The van der Waals surface area contributed by atoms with Crippen LogP contribution in [0.2, 0.25) is 13.1 Å². The number of rotatable bonds is 0. The third-order valence-electron chi connectivity index (χ3n) is 3.01. The summed E-state index contributed by atoms with van der Waals surface area (Å²) in [6.45, 7) is 17.7. The third-order valence-corrected chi connectivity index (χ3v) is 3.01. The first-order valence-electron chi connectivity index (χ1n) is 7.92. The summed E-state index contributed by atoms with van der Waals surface area (Å²) in [7, 11) is 0.750. The van der Waals surface area contributed by atoms with E-state index in [0.29, 0.717) is 10.8 Å². The van der Waals surface area contributed by atoms with Crippen molar-refractivity contribution in [1.82, 2.24) is 0 Å². The molecule has 4 heteroatoms. The van der Waals surface area contributed by atoms with Gasteiger partial charge in [-0.15, -0.1) is 37.7 Å². The second-order valence-corrected chi connectivity index (χ2v) is 8.63. The van der Waals surface area contributed by atoms with Crippen molar-refractivity contribution < 1.29 is 26.2 Å². The molecule has 2 aliphatic carbocycles. The molecule has 0 saturated heterocycles. The van der Waals surface area contributed by atoms with Gasteiger partial charge in [0.25, 0.3) is 0 Å². The van der Waals surface area contributed by atoms with Crippen LogP contribution in [0.15, 0.2) is 35.5 Å². The Kier molecular flexibility index (Phi) is 21.4. The minimum absolute atomic E-state index is 0. The van der Waals surface area contributed by atoms with Crippen molar-refractivity contribution in [1.29, 1.82) is 0 Å². The molecule has 0 spiro atoms. The first kappa shape index (κ1) is 32.3. The van der Waals surface area contributed by atoms with E-state index in [-0.39, 0.29) is 51.0 Å². The summed E-state index contributed by atoms with van der Waals surface area (Å²) in [5, 5.41) is 0. The first-order valence-corrected chi connectivity index (χ1v) is 10.2. The van der Waals surface area contributed by atoms with Crippen molar-refractivity contribution in [2.75, 3.05) is 0 Å². The van der Waals surface area contributed by atoms with E-state index in [2.05, 4.69) is 91.1 Å². The fourth-order valence-electron chi connectivity index (χ4n) is 1.84. The van der Waals surface area contributed by atoms with Gasteiger partial charge in [-0.05, 0) is 10.8 Å². The number of hydrogen-bond acceptors (Lipinski definition) is 0. The van der Waals surface area contributed by atoms with Crippen LogP contribution in [0.5, 0.6) is 0 Å². The Morgan fingerprint density at radius 3 is 1.08 bits per heavy atom. The SMILES string of the molecule is CC(C)(C)C1=[C-]CC=C1.CC(C)(C)C1=[C-]CC=C1.C[SiH]C.Cl.Cl.[Zr+2]. The van der Waals surface area contributed by atoms with E-state index in [9.17, 15) is 0 Å². The molecule has 0 aromatic carbocycles. The normalized spacial score (nSPS) is 14.5. The molecule has 0 aliphatic heterocycles. The Balaban J connectivity index is -0.000000130. The van der Waals surface area contributed by atoms with Crippen LogP contribution in [-0.4, -0.2) is 9.52 Å². The molecule has 0 heterocycles. The molecule has 0 atom stereocenters. The van der Waals surface area contributed by atoms with Crippen LogP contribution in [0.3, 0.4) is 0 Å². The second kappa shape index (κ2) is 15.9. The molecule has 0 amide bonds. The summed E-state index contributed by atoms with van der Waals surface area (Å²) < 4.78 is 0. The quantitative estimate of drug-likeness (QED) is 0.272. The number of hydrogen-bond donors (Lipinski definition) is 0. The summed E-state index contributed by atoms with van der Waals surface area (Å²) in [5.74, 6) is 0. The molecule has 0 saturated carbocycles. The van der Waals surface area contributed by atoms with Crippen molar-refractivity contribution >= 4 is 34.3 Å². The summed E-state index contributed by atoms with van der Waals surface area (Å²) in [6.07, 6.45) is 17.3. The molecule has 1 radical (unpaired) electrons. The van der Waals surface area contributed by atoms with Crippen LogP contribution >= 0.6 is 24.8 Å². The largest absolute Gasteiger partial charge is 2.00 e. The second-order valence-electron chi connectivity index (χ2n) is 7.47. The van der Waals surface area contributed by atoms with E-state index >= 15 is 0 Å². The molecular formula is C20H35Cl2SiZr. The smallest absolute Gasteiger partial charge is 0.269 e. The van der Waals surface area contributed by atoms with Crippen LogP contribution in [0.25, 0.3) is 0 Å². The zero-order valence-electron chi connectivity index (χ0n) is 16.6. The number of halogens is 2. The van der Waals surface area contributed by atoms with Gasteiger partial charge in [-0.2, -0.15) is 12.2 Å². The topological polar surface area (TPSA) is 0 Å². The Morgan fingerprint density at radius 2 is 1.00 bits per heavy atom. The van der Waals surface area contributed by atoms with E-state index in [1.165, 1.54) is 11.1 Å². The van der Waals surface area contributed by atoms with E-state index in [4.69, 9.17) is 0 Å². The van der Waals surface area contributed by atoms with Crippen molar-refractivity contribution in [3.05, 3.63) is 47.6 Å². The van der Waals surface area contributed by atoms with Crippen molar-refractivity contribution in [3.8, 4) is 0 Å². The Labute approximate surface area is 185 Å². The van der Waals surface area contributed by atoms with Gasteiger partial charge in [0.05, 0.1) is 0 Å². The van der Waals surface area contributed by atoms with E-state index in [1.54, 1.807) is 0 Å². The molecule has 0 bridgehead atoms. The van der Waals surface area contributed by atoms with Gasteiger partial charge in [0, 0.05) is 9.52 Å².